The first-order valence-electron chi connectivity index (χ1n) is 6.49. The predicted molar refractivity (Wildman–Crippen MR) is 77.4 cm³/mol. The molecule has 0 unspecified atom stereocenters. The van der Waals surface area contributed by atoms with E-state index in [1.165, 1.54) is 0 Å². The van der Waals surface area contributed by atoms with Crippen molar-refractivity contribution in [2.75, 3.05) is 13.2 Å². The van der Waals surface area contributed by atoms with Crippen LogP contribution in [0, 0.1) is 25.7 Å². The summed E-state index contributed by atoms with van der Waals surface area (Å²) in [5.41, 5.74) is 6.26. The number of ether oxygens (including phenoxy) is 1. The Hall–Kier alpha value is -2.32. The van der Waals surface area contributed by atoms with Crippen molar-refractivity contribution in [1.29, 1.82) is 0 Å². The molecule has 1 aromatic heterocycles. The van der Waals surface area contributed by atoms with Crippen LogP contribution in [0.1, 0.15) is 17.2 Å². The lowest BCUT2D eigenvalue weighted by Crippen LogP contribution is -2.11. The van der Waals surface area contributed by atoms with Crippen molar-refractivity contribution in [2.24, 2.45) is 5.73 Å². The third-order valence-electron chi connectivity index (χ3n) is 2.70. The third kappa shape index (κ3) is 3.84. The van der Waals surface area contributed by atoms with Crippen LogP contribution >= 0.6 is 0 Å². The van der Waals surface area contributed by atoms with Gasteiger partial charge in [-0.2, -0.15) is 5.10 Å². The largest absolute Gasteiger partial charge is 0.492 e. The number of hydrogen-bond donors (Lipinski definition) is 1. The van der Waals surface area contributed by atoms with Crippen LogP contribution in [-0.4, -0.2) is 27.9 Å². The second-order valence-corrected chi connectivity index (χ2v) is 4.31. The summed E-state index contributed by atoms with van der Waals surface area (Å²) in [6, 6.07) is 7.66. The molecule has 0 saturated heterocycles. The van der Waals surface area contributed by atoms with Gasteiger partial charge in [0.05, 0.1) is 13.1 Å². The number of rotatable bonds is 4. The SMILES string of the molecule is Cc1nc(C)n(CCOc2cccc(C#CCN)c2)n1. The molecule has 0 amide bonds. The maximum absolute atomic E-state index is 5.71. The molecular formula is C15H18N4O. The van der Waals surface area contributed by atoms with Gasteiger partial charge in [0, 0.05) is 5.56 Å². The number of aromatic nitrogens is 3. The quantitative estimate of drug-likeness (QED) is 0.850. The first kappa shape index (κ1) is 14.1. The molecule has 2 aromatic rings. The lowest BCUT2D eigenvalue weighted by molar-refractivity contribution is 0.289. The predicted octanol–water partition coefficient (Wildman–Crippen LogP) is 1.28. The normalized spacial score (nSPS) is 9.95. The Labute approximate surface area is 118 Å². The van der Waals surface area contributed by atoms with E-state index in [4.69, 9.17) is 10.5 Å². The molecule has 5 nitrogen and oxygen atoms in total. The summed E-state index contributed by atoms with van der Waals surface area (Å²) < 4.78 is 7.55. The Kier molecular flexibility index (Phi) is 4.75. The van der Waals surface area contributed by atoms with E-state index in [0.717, 1.165) is 23.0 Å². The molecule has 0 bridgehead atoms. The Bertz CT molecular complexity index is 637. The second kappa shape index (κ2) is 6.73. The van der Waals surface area contributed by atoms with Crippen molar-refractivity contribution in [3.05, 3.63) is 41.5 Å². The summed E-state index contributed by atoms with van der Waals surface area (Å²) in [5.74, 6) is 8.28. The highest BCUT2D eigenvalue weighted by Crippen LogP contribution is 2.12. The molecule has 104 valence electrons. The van der Waals surface area contributed by atoms with Gasteiger partial charge in [0.2, 0.25) is 0 Å². The smallest absolute Gasteiger partial charge is 0.147 e. The molecule has 0 atom stereocenters. The maximum atomic E-state index is 5.71. The molecule has 1 heterocycles. The fraction of sp³-hybridized carbons (Fsp3) is 0.333. The molecule has 0 aliphatic rings. The zero-order valence-corrected chi connectivity index (χ0v) is 11.8. The monoisotopic (exact) mass is 270 g/mol. The molecule has 0 radical (unpaired) electrons. The molecule has 1 aromatic carbocycles. The number of benzene rings is 1. The van der Waals surface area contributed by atoms with Crippen LogP contribution in [0.25, 0.3) is 0 Å². The molecule has 20 heavy (non-hydrogen) atoms. The van der Waals surface area contributed by atoms with E-state index in [2.05, 4.69) is 21.9 Å². The Morgan fingerprint density at radius 1 is 1.35 bits per heavy atom. The van der Waals surface area contributed by atoms with Gasteiger partial charge in [-0.1, -0.05) is 17.9 Å². The minimum atomic E-state index is 0.357. The first-order chi connectivity index (χ1) is 9.69. The molecule has 0 aliphatic carbocycles. The van der Waals surface area contributed by atoms with Crippen molar-refractivity contribution < 1.29 is 4.74 Å². The van der Waals surface area contributed by atoms with Gasteiger partial charge in [-0.15, -0.1) is 0 Å². The van der Waals surface area contributed by atoms with E-state index < -0.39 is 0 Å². The molecular weight excluding hydrogens is 252 g/mol. The van der Waals surface area contributed by atoms with Crippen LogP contribution in [0.2, 0.25) is 0 Å². The van der Waals surface area contributed by atoms with E-state index in [9.17, 15) is 0 Å². The van der Waals surface area contributed by atoms with Crippen molar-refractivity contribution >= 4 is 0 Å². The second-order valence-electron chi connectivity index (χ2n) is 4.31. The summed E-state index contributed by atoms with van der Waals surface area (Å²) in [7, 11) is 0. The average molecular weight is 270 g/mol. The zero-order valence-electron chi connectivity index (χ0n) is 11.8. The number of nitrogens with zero attached hydrogens (tertiary/aromatic N) is 3. The summed E-state index contributed by atoms with van der Waals surface area (Å²) in [6.45, 7) is 5.38. The first-order valence-corrected chi connectivity index (χ1v) is 6.49. The van der Waals surface area contributed by atoms with E-state index in [0.29, 0.717) is 19.7 Å². The van der Waals surface area contributed by atoms with Gasteiger partial charge < -0.3 is 10.5 Å². The lowest BCUT2D eigenvalue weighted by Gasteiger charge is -2.07. The van der Waals surface area contributed by atoms with Crippen LogP contribution in [0.5, 0.6) is 5.75 Å². The van der Waals surface area contributed by atoms with Gasteiger partial charge in [-0.05, 0) is 32.0 Å². The van der Waals surface area contributed by atoms with E-state index in [1.807, 2.05) is 42.8 Å². The zero-order chi connectivity index (χ0) is 14.4. The van der Waals surface area contributed by atoms with E-state index in [-0.39, 0.29) is 0 Å². The van der Waals surface area contributed by atoms with Crippen molar-refractivity contribution in [2.45, 2.75) is 20.4 Å². The minimum absolute atomic E-state index is 0.357. The fourth-order valence-electron chi connectivity index (χ4n) is 1.84. The maximum Gasteiger partial charge on any atom is 0.147 e. The van der Waals surface area contributed by atoms with Crippen LogP contribution in [-0.2, 0) is 6.54 Å². The number of nitrogens with two attached hydrogens (primary N) is 1. The van der Waals surface area contributed by atoms with Crippen molar-refractivity contribution in [3.63, 3.8) is 0 Å². The van der Waals surface area contributed by atoms with Gasteiger partial charge in [-0.25, -0.2) is 9.67 Å². The highest BCUT2D eigenvalue weighted by molar-refractivity contribution is 5.39. The molecule has 0 saturated carbocycles. The molecule has 2 N–H and O–H groups in total. The molecule has 0 fully saturated rings. The standard InChI is InChI=1S/C15H18N4O/c1-12-17-13(2)19(18-12)9-10-20-15-7-3-5-14(11-15)6-4-8-16/h3,5,7,11H,8-10,16H2,1-2H3. The summed E-state index contributed by atoms with van der Waals surface area (Å²) >= 11 is 0. The molecule has 2 rings (SSSR count). The molecule has 5 heteroatoms. The highest BCUT2D eigenvalue weighted by atomic mass is 16.5. The van der Waals surface area contributed by atoms with E-state index >= 15 is 0 Å². The van der Waals surface area contributed by atoms with Crippen molar-refractivity contribution in [1.82, 2.24) is 14.8 Å². The number of hydrogen-bond acceptors (Lipinski definition) is 4. The van der Waals surface area contributed by atoms with Crippen molar-refractivity contribution in [3.8, 4) is 17.6 Å². The Balaban J connectivity index is 1.92. The van der Waals surface area contributed by atoms with Crippen LogP contribution in [0.3, 0.4) is 0 Å². The highest BCUT2D eigenvalue weighted by Gasteiger charge is 2.02. The summed E-state index contributed by atoms with van der Waals surface area (Å²) in [6.07, 6.45) is 0. The lowest BCUT2D eigenvalue weighted by atomic mass is 10.2. The Morgan fingerprint density at radius 3 is 2.90 bits per heavy atom. The Morgan fingerprint density at radius 2 is 2.20 bits per heavy atom. The summed E-state index contributed by atoms with van der Waals surface area (Å²) in [4.78, 5) is 4.25. The van der Waals surface area contributed by atoms with Gasteiger partial charge in [0.1, 0.15) is 24.0 Å². The van der Waals surface area contributed by atoms with Crippen LogP contribution in [0.4, 0.5) is 0 Å². The van der Waals surface area contributed by atoms with Gasteiger partial charge in [0.25, 0.3) is 0 Å². The van der Waals surface area contributed by atoms with Crippen LogP contribution in [0.15, 0.2) is 24.3 Å². The minimum Gasteiger partial charge on any atom is -0.492 e. The third-order valence-corrected chi connectivity index (χ3v) is 2.70. The van der Waals surface area contributed by atoms with Gasteiger partial charge in [-0.3, -0.25) is 0 Å². The van der Waals surface area contributed by atoms with Crippen LogP contribution < -0.4 is 10.5 Å². The molecule has 0 spiro atoms. The van der Waals surface area contributed by atoms with Gasteiger partial charge in [0.15, 0.2) is 0 Å². The summed E-state index contributed by atoms with van der Waals surface area (Å²) in [5, 5.41) is 4.29. The fourth-order valence-corrected chi connectivity index (χ4v) is 1.84. The van der Waals surface area contributed by atoms with E-state index in [1.54, 1.807) is 0 Å². The molecule has 0 aliphatic heterocycles. The average Bonchev–Trinajstić information content (AvgIpc) is 2.75. The topological polar surface area (TPSA) is 66.0 Å². The van der Waals surface area contributed by atoms with Gasteiger partial charge >= 0.3 is 0 Å². The number of aryl methyl sites for hydroxylation is 2.